The molecule has 4 heteroatoms. The van der Waals surface area contributed by atoms with Gasteiger partial charge >= 0.3 is 0 Å². The van der Waals surface area contributed by atoms with Crippen molar-refractivity contribution in [2.24, 2.45) is 0 Å². The van der Waals surface area contributed by atoms with Gasteiger partial charge in [-0.25, -0.2) is 0 Å². The molecule has 4 nitrogen and oxygen atoms in total. The monoisotopic (exact) mass is 220 g/mol. The molecule has 0 aliphatic carbocycles. The van der Waals surface area contributed by atoms with Crippen molar-refractivity contribution in [3.63, 3.8) is 0 Å². The quantitative estimate of drug-likeness (QED) is 0.757. The second-order valence-corrected chi connectivity index (χ2v) is 3.86. The lowest BCUT2D eigenvalue weighted by Gasteiger charge is -2.26. The largest absolute Gasteiger partial charge is 0.462 e. The number of carbonyl (C=O) groups excluding carboxylic acids is 1. The highest BCUT2D eigenvalue weighted by Gasteiger charge is 2.13. The Morgan fingerprint density at radius 1 is 1.44 bits per heavy atom. The number of piperazine rings is 1. The maximum Gasteiger partial charge on any atom is 0.246 e. The number of aryl methyl sites for hydroxylation is 1. The standard InChI is InChI=1S/C12H16N2O2/c1-10-2-3-11(16-10)4-5-12(15)14-8-6-13-7-9-14/h2-5,13H,6-9H2,1H3. The molecule has 0 aromatic carbocycles. The molecular formula is C12H16N2O2. The summed E-state index contributed by atoms with van der Waals surface area (Å²) in [7, 11) is 0. The van der Waals surface area contributed by atoms with Gasteiger partial charge in [0.1, 0.15) is 11.5 Å². The zero-order valence-electron chi connectivity index (χ0n) is 9.40. The smallest absolute Gasteiger partial charge is 0.246 e. The summed E-state index contributed by atoms with van der Waals surface area (Å²) in [6.07, 6.45) is 3.29. The van der Waals surface area contributed by atoms with Crippen molar-refractivity contribution in [3.8, 4) is 0 Å². The Labute approximate surface area is 94.9 Å². The number of rotatable bonds is 2. The van der Waals surface area contributed by atoms with Crippen molar-refractivity contribution in [2.45, 2.75) is 6.92 Å². The molecule has 1 aromatic heterocycles. The fraction of sp³-hybridized carbons (Fsp3) is 0.417. The number of furan rings is 1. The third kappa shape index (κ3) is 2.73. The van der Waals surface area contributed by atoms with Crippen LogP contribution in [0.3, 0.4) is 0 Å². The van der Waals surface area contributed by atoms with Gasteiger partial charge in [-0.2, -0.15) is 0 Å². The van der Waals surface area contributed by atoms with Crippen molar-refractivity contribution in [1.29, 1.82) is 0 Å². The number of hydrogen-bond acceptors (Lipinski definition) is 3. The van der Waals surface area contributed by atoms with Gasteiger partial charge < -0.3 is 14.6 Å². The Bertz CT molecular complexity index is 389. The molecule has 0 unspecified atom stereocenters. The molecule has 0 atom stereocenters. The summed E-state index contributed by atoms with van der Waals surface area (Å²) in [5.74, 6) is 1.63. The highest BCUT2D eigenvalue weighted by Crippen LogP contribution is 2.08. The van der Waals surface area contributed by atoms with Gasteiger partial charge in [0.15, 0.2) is 0 Å². The molecule has 0 saturated carbocycles. The van der Waals surface area contributed by atoms with E-state index >= 15 is 0 Å². The molecule has 86 valence electrons. The van der Waals surface area contributed by atoms with Crippen LogP contribution in [-0.4, -0.2) is 37.0 Å². The van der Waals surface area contributed by atoms with E-state index in [9.17, 15) is 4.79 Å². The Balaban J connectivity index is 1.93. The van der Waals surface area contributed by atoms with Crippen LogP contribution in [0.2, 0.25) is 0 Å². The zero-order chi connectivity index (χ0) is 11.4. The van der Waals surface area contributed by atoms with Crippen molar-refractivity contribution in [1.82, 2.24) is 10.2 Å². The van der Waals surface area contributed by atoms with Crippen LogP contribution in [0.25, 0.3) is 6.08 Å². The van der Waals surface area contributed by atoms with Gasteiger partial charge in [-0.15, -0.1) is 0 Å². The van der Waals surface area contributed by atoms with Gasteiger partial charge in [-0.1, -0.05) is 0 Å². The third-order valence-electron chi connectivity index (χ3n) is 2.58. The molecule has 16 heavy (non-hydrogen) atoms. The molecule has 0 radical (unpaired) electrons. The summed E-state index contributed by atoms with van der Waals surface area (Å²) in [6, 6.07) is 3.74. The van der Waals surface area contributed by atoms with E-state index in [-0.39, 0.29) is 5.91 Å². The molecule has 1 aliphatic rings. The first-order chi connectivity index (χ1) is 7.75. The van der Waals surface area contributed by atoms with Crippen LogP contribution in [0.4, 0.5) is 0 Å². The van der Waals surface area contributed by atoms with Gasteiger partial charge in [0, 0.05) is 32.3 Å². The molecule has 1 aliphatic heterocycles. The second kappa shape index (κ2) is 4.99. The summed E-state index contributed by atoms with van der Waals surface area (Å²) < 4.78 is 5.35. The van der Waals surface area contributed by atoms with E-state index in [1.165, 1.54) is 0 Å². The molecular weight excluding hydrogens is 204 g/mol. The molecule has 1 aromatic rings. The normalized spacial score (nSPS) is 16.9. The molecule has 1 saturated heterocycles. The highest BCUT2D eigenvalue weighted by atomic mass is 16.3. The van der Waals surface area contributed by atoms with Crippen molar-refractivity contribution < 1.29 is 9.21 Å². The lowest BCUT2D eigenvalue weighted by atomic mass is 10.3. The Morgan fingerprint density at radius 2 is 2.19 bits per heavy atom. The number of amides is 1. The van der Waals surface area contributed by atoms with E-state index in [1.807, 2.05) is 24.0 Å². The van der Waals surface area contributed by atoms with E-state index in [0.29, 0.717) is 0 Å². The van der Waals surface area contributed by atoms with E-state index in [1.54, 1.807) is 12.2 Å². The topological polar surface area (TPSA) is 45.5 Å². The fourth-order valence-corrected chi connectivity index (χ4v) is 1.69. The molecule has 1 amide bonds. The molecule has 0 spiro atoms. The summed E-state index contributed by atoms with van der Waals surface area (Å²) in [5, 5.41) is 3.21. The molecule has 2 rings (SSSR count). The van der Waals surface area contributed by atoms with Crippen LogP contribution in [0.1, 0.15) is 11.5 Å². The minimum atomic E-state index is 0.0514. The average molecular weight is 220 g/mol. The van der Waals surface area contributed by atoms with E-state index < -0.39 is 0 Å². The van der Waals surface area contributed by atoms with Gasteiger partial charge in [0.2, 0.25) is 5.91 Å². The number of nitrogens with zero attached hydrogens (tertiary/aromatic N) is 1. The first-order valence-electron chi connectivity index (χ1n) is 5.50. The minimum absolute atomic E-state index is 0.0514. The van der Waals surface area contributed by atoms with E-state index in [0.717, 1.165) is 37.7 Å². The van der Waals surface area contributed by atoms with Gasteiger partial charge in [-0.3, -0.25) is 4.79 Å². The lowest BCUT2D eigenvalue weighted by Crippen LogP contribution is -2.45. The van der Waals surface area contributed by atoms with E-state index in [4.69, 9.17) is 4.42 Å². The number of carbonyl (C=O) groups is 1. The van der Waals surface area contributed by atoms with Crippen molar-refractivity contribution in [3.05, 3.63) is 29.7 Å². The Hall–Kier alpha value is -1.55. The average Bonchev–Trinajstić information content (AvgIpc) is 2.73. The number of hydrogen-bond donors (Lipinski definition) is 1. The van der Waals surface area contributed by atoms with Crippen LogP contribution in [-0.2, 0) is 4.79 Å². The Morgan fingerprint density at radius 3 is 2.81 bits per heavy atom. The van der Waals surface area contributed by atoms with Gasteiger partial charge in [0.25, 0.3) is 0 Å². The third-order valence-corrected chi connectivity index (χ3v) is 2.58. The predicted octanol–water partition coefficient (Wildman–Crippen LogP) is 1.03. The van der Waals surface area contributed by atoms with Crippen LogP contribution < -0.4 is 5.32 Å². The molecule has 2 heterocycles. The van der Waals surface area contributed by atoms with Crippen LogP contribution in [0.15, 0.2) is 22.6 Å². The van der Waals surface area contributed by atoms with Gasteiger partial charge in [0.05, 0.1) is 0 Å². The van der Waals surface area contributed by atoms with Crippen molar-refractivity contribution >= 4 is 12.0 Å². The van der Waals surface area contributed by atoms with Crippen LogP contribution >= 0.6 is 0 Å². The lowest BCUT2D eigenvalue weighted by molar-refractivity contribution is -0.126. The van der Waals surface area contributed by atoms with Crippen LogP contribution in [0, 0.1) is 6.92 Å². The predicted molar refractivity (Wildman–Crippen MR) is 61.9 cm³/mol. The maximum absolute atomic E-state index is 11.7. The highest BCUT2D eigenvalue weighted by molar-refractivity contribution is 5.91. The van der Waals surface area contributed by atoms with Gasteiger partial charge in [-0.05, 0) is 25.1 Å². The summed E-state index contributed by atoms with van der Waals surface area (Å²) >= 11 is 0. The van der Waals surface area contributed by atoms with E-state index in [2.05, 4.69) is 5.32 Å². The minimum Gasteiger partial charge on any atom is -0.462 e. The van der Waals surface area contributed by atoms with Crippen LogP contribution in [0.5, 0.6) is 0 Å². The molecule has 0 bridgehead atoms. The first-order valence-corrected chi connectivity index (χ1v) is 5.50. The Kier molecular flexibility index (Phi) is 3.41. The molecule has 1 N–H and O–H groups in total. The fourth-order valence-electron chi connectivity index (χ4n) is 1.69. The SMILES string of the molecule is Cc1ccc(C=CC(=O)N2CCNCC2)o1. The molecule has 1 fully saturated rings. The maximum atomic E-state index is 11.7. The first kappa shape index (κ1) is 11.0. The summed E-state index contributed by atoms with van der Waals surface area (Å²) in [5.41, 5.74) is 0. The number of nitrogens with one attached hydrogen (secondary N) is 1. The summed E-state index contributed by atoms with van der Waals surface area (Å²) in [6.45, 7) is 5.19. The second-order valence-electron chi connectivity index (χ2n) is 3.86. The summed E-state index contributed by atoms with van der Waals surface area (Å²) in [4.78, 5) is 13.6. The van der Waals surface area contributed by atoms with Crippen molar-refractivity contribution in [2.75, 3.05) is 26.2 Å². The zero-order valence-corrected chi connectivity index (χ0v) is 9.40.